The van der Waals surface area contributed by atoms with Gasteiger partial charge in [0.05, 0.1) is 26.4 Å². The number of rotatable bonds is 76. The zero-order valence-electron chi connectivity index (χ0n) is 63.6. The maximum atomic E-state index is 13.1. The second-order valence-electron chi connectivity index (χ2n) is 27.0. The first-order valence-corrected chi connectivity index (χ1v) is 43.2. The Kier molecular flexibility index (Phi) is 71.2. The summed E-state index contributed by atoms with van der Waals surface area (Å²) < 4.78 is 68.6. The summed E-state index contributed by atoms with van der Waals surface area (Å²) >= 11 is 0. The van der Waals surface area contributed by atoms with Crippen molar-refractivity contribution >= 4 is 39.5 Å². The zero-order chi connectivity index (χ0) is 73.2. The Hall–Kier alpha value is -3.50. The van der Waals surface area contributed by atoms with Crippen molar-refractivity contribution in [2.45, 2.75) is 380 Å². The molecular weight excluding hydrogens is 1310 g/mol. The number of unbranched alkanes of at least 4 members (excludes halogenated alkanes) is 38. The quantitative estimate of drug-likeness (QED) is 0.0169. The van der Waals surface area contributed by atoms with E-state index in [9.17, 15) is 43.2 Å². The number of esters is 4. The predicted octanol–water partition coefficient (Wildman–Crippen LogP) is 23.2. The molecule has 0 amide bonds. The molecule has 100 heavy (non-hydrogen) atoms. The first kappa shape index (κ1) is 96.5. The van der Waals surface area contributed by atoms with Crippen LogP contribution in [0.1, 0.15) is 362 Å². The lowest BCUT2D eigenvalue weighted by Gasteiger charge is -2.21. The fraction of sp³-hybridized carbons (Fsp3) is 0.802. The lowest BCUT2D eigenvalue weighted by Crippen LogP contribution is -2.30. The average molecular weight is 1450 g/mol. The lowest BCUT2D eigenvalue weighted by atomic mass is 10.0. The molecule has 17 nitrogen and oxygen atoms in total. The monoisotopic (exact) mass is 1450 g/mol. The molecule has 0 aromatic heterocycles. The maximum Gasteiger partial charge on any atom is 0.472 e. The van der Waals surface area contributed by atoms with Gasteiger partial charge in [-0.05, 0) is 116 Å². The summed E-state index contributed by atoms with van der Waals surface area (Å²) in [5.41, 5.74) is 0. The standard InChI is InChI=1S/C81H146O17P2/c1-5-9-13-17-21-25-29-33-35-36-37-38-40-44-46-50-54-58-62-66-79(84)92-72-77(98-81(86)68-64-60-56-52-48-42-32-28-24-20-16-12-8-4)74-96-100(89,90)94-70-75(82)69-93-99(87,88)95-73-76(97-80(85)67-63-59-55-51-47-41-31-27-23-19-15-11-7-3)71-91-78(83)65-61-57-53-49-45-43-39-34-30-26-22-18-14-10-6-2/h9,13,21,25,27-28,31-33,35,37-38,75-77,82H,5-8,10-12,14-20,22-24,26,29-30,34,36,39-74H2,1-4H3,(H,87,88)(H,89,90)/b13-9-,25-21-,31-27-,32-28-,35-33-,38-37-. The number of hydrogen-bond donors (Lipinski definition) is 3. The Bertz CT molecular complexity index is 2180. The molecule has 0 spiro atoms. The first-order valence-electron chi connectivity index (χ1n) is 40.2. The van der Waals surface area contributed by atoms with Crippen LogP contribution in [0.25, 0.3) is 0 Å². The van der Waals surface area contributed by atoms with Crippen LogP contribution in [0.5, 0.6) is 0 Å². The highest BCUT2D eigenvalue weighted by Crippen LogP contribution is 2.45. The van der Waals surface area contributed by atoms with Gasteiger partial charge in [0.1, 0.15) is 19.3 Å². The van der Waals surface area contributed by atoms with Gasteiger partial charge in [-0.15, -0.1) is 0 Å². The highest BCUT2D eigenvalue weighted by atomic mass is 31.2. The Morgan fingerprint density at radius 1 is 0.290 bits per heavy atom. The van der Waals surface area contributed by atoms with Gasteiger partial charge in [0.25, 0.3) is 0 Å². The molecule has 0 bridgehead atoms. The molecule has 0 saturated heterocycles. The predicted molar refractivity (Wildman–Crippen MR) is 409 cm³/mol. The van der Waals surface area contributed by atoms with Crippen molar-refractivity contribution in [3.05, 3.63) is 72.9 Å². The molecule has 0 heterocycles. The molecule has 0 aliphatic rings. The number of phosphoric ester groups is 2. The number of carbonyl (C=O) groups excluding carboxylic acids is 4. The van der Waals surface area contributed by atoms with Gasteiger partial charge >= 0.3 is 39.5 Å². The molecule has 0 aliphatic heterocycles. The molecule has 0 saturated carbocycles. The molecule has 0 rings (SSSR count). The molecule has 5 atom stereocenters. The van der Waals surface area contributed by atoms with E-state index in [4.69, 9.17) is 37.0 Å². The minimum atomic E-state index is -4.98. The van der Waals surface area contributed by atoms with Crippen LogP contribution in [-0.4, -0.2) is 96.7 Å². The number of aliphatic hydroxyl groups is 1. The third-order valence-electron chi connectivity index (χ3n) is 17.2. The van der Waals surface area contributed by atoms with Crippen LogP contribution in [0.2, 0.25) is 0 Å². The van der Waals surface area contributed by atoms with Crippen molar-refractivity contribution in [2.75, 3.05) is 39.6 Å². The Morgan fingerprint density at radius 3 is 0.820 bits per heavy atom. The van der Waals surface area contributed by atoms with Crippen LogP contribution in [0.3, 0.4) is 0 Å². The Balaban J connectivity index is 5.31. The van der Waals surface area contributed by atoms with E-state index in [1.165, 1.54) is 122 Å². The number of phosphoric acid groups is 2. The van der Waals surface area contributed by atoms with Gasteiger partial charge in [-0.3, -0.25) is 37.3 Å². The topological polar surface area (TPSA) is 237 Å². The zero-order valence-corrected chi connectivity index (χ0v) is 65.4. The Morgan fingerprint density at radius 2 is 0.520 bits per heavy atom. The van der Waals surface area contributed by atoms with Gasteiger partial charge in [-0.1, -0.05) is 293 Å². The number of hydrogen-bond acceptors (Lipinski definition) is 15. The van der Waals surface area contributed by atoms with E-state index in [-0.39, 0.29) is 25.7 Å². The SMILES string of the molecule is CC/C=C\C/C=C\C/C=C\C/C=C\CCCCCCCCC(=O)OCC(COP(=O)(O)OCC(O)COP(=O)(O)OCC(COC(=O)CCCCCCCCCCCCCCCCC)OC(=O)CCCCCCC/C=C\CCCCCC)OC(=O)CCCCCCC/C=C\CCCCCC. The highest BCUT2D eigenvalue weighted by Gasteiger charge is 2.30. The smallest absolute Gasteiger partial charge is 0.462 e. The van der Waals surface area contributed by atoms with Crippen LogP contribution < -0.4 is 0 Å². The molecule has 0 fully saturated rings. The van der Waals surface area contributed by atoms with Gasteiger partial charge < -0.3 is 33.8 Å². The average Bonchev–Trinajstić information content (AvgIpc) is 0.935. The number of carbonyl (C=O) groups is 4. The summed E-state index contributed by atoms with van der Waals surface area (Å²) in [6, 6.07) is 0. The van der Waals surface area contributed by atoms with Crippen LogP contribution in [0.4, 0.5) is 0 Å². The molecule has 3 N–H and O–H groups in total. The normalized spacial score (nSPS) is 14.3. The number of allylic oxidation sites excluding steroid dienone is 12. The summed E-state index contributed by atoms with van der Waals surface area (Å²) in [4.78, 5) is 73.0. The molecule has 0 radical (unpaired) electrons. The van der Waals surface area contributed by atoms with E-state index in [0.29, 0.717) is 25.7 Å². The van der Waals surface area contributed by atoms with Gasteiger partial charge in [-0.25, -0.2) is 9.13 Å². The minimum absolute atomic E-state index is 0.0838. The van der Waals surface area contributed by atoms with Gasteiger partial charge in [-0.2, -0.15) is 0 Å². The third-order valence-corrected chi connectivity index (χ3v) is 19.1. The van der Waals surface area contributed by atoms with Crippen molar-refractivity contribution in [1.29, 1.82) is 0 Å². The van der Waals surface area contributed by atoms with E-state index in [0.717, 1.165) is 161 Å². The fourth-order valence-corrected chi connectivity index (χ4v) is 12.6. The van der Waals surface area contributed by atoms with Gasteiger partial charge in [0, 0.05) is 25.7 Å². The van der Waals surface area contributed by atoms with E-state index in [2.05, 4.69) is 101 Å². The summed E-state index contributed by atoms with van der Waals surface area (Å²) in [5, 5.41) is 10.6. The van der Waals surface area contributed by atoms with Gasteiger partial charge in [0.15, 0.2) is 12.2 Å². The first-order chi connectivity index (χ1) is 48.7. The largest absolute Gasteiger partial charge is 0.472 e. The summed E-state index contributed by atoms with van der Waals surface area (Å²) in [5.74, 6) is -2.18. The molecule has 0 aromatic carbocycles. The molecular formula is C81H146O17P2. The molecule has 0 aliphatic carbocycles. The van der Waals surface area contributed by atoms with Gasteiger partial charge in [0.2, 0.25) is 0 Å². The fourth-order valence-electron chi connectivity index (χ4n) is 11.0. The van der Waals surface area contributed by atoms with Crippen molar-refractivity contribution in [3.63, 3.8) is 0 Å². The third kappa shape index (κ3) is 72.8. The van der Waals surface area contributed by atoms with Crippen molar-refractivity contribution in [3.8, 4) is 0 Å². The second kappa shape index (κ2) is 73.8. The van der Waals surface area contributed by atoms with E-state index in [1.807, 2.05) is 0 Å². The minimum Gasteiger partial charge on any atom is -0.462 e. The van der Waals surface area contributed by atoms with Crippen molar-refractivity contribution in [2.24, 2.45) is 0 Å². The van der Waals surface area contributed by atoms with Crippen molar-refractivity contribution in [1.82, 2.24) is 0 Å². The highest BCUT2D eigenvalue weighted by molar-refractivity contribution is 7.47. The van der Waals surface area contributed by atoms with Crippen LogP contribution in [0.15, 0.2) is 72.9 Å². The summed E-state index contributed by atoms with van der Waals surface area (Å²) in [6.45, 7) is 4.76. The number of aliphatic hydroxyl groups excluding tert-OH is 1. The number of ether oxygens (including phenoxy) is 4. The Labute approximate surface area is 609 Å². The summed E-state index contributed by atoms with van der Waals surface area (Å²) in [6.07, 6.45) is 74.5. The molecule has 19 heteroatoms. The van der Waals surface area contributed by atoms with E-state index in [1.54, 1.807) is 0 Å². The van der Waals surface area contributed by atoms with Crippen molar-refractivity contribution < 1.29 is 80.2 Å². The lowest BCUT2D eigenvalue weighted by molar-refractivity contribution is -0.161. The second-order valence-corrected chi connectivity index (χ2v) is 29.9. The maximum absolute atomic E-state index is 13.1. The summed E-state index contributed by atoms with van der Waals surface area (Å²) in [7, 11) is -9.95. The molecule has 0 aromatic rings. The molecule has 582 valence electrons. The van der Waals surface area contributed by atoms with Crippen LogP contribution >= 0.6 is 15.6 Å². The van der Waals surface area contributed by atoms with Crippen LogP contribution in [-0.2, 0) is 65.4 Å². The molecule has 5 unspecified atom stereocenters. The van der Waals surface area contributed by atoms with E-state index < -0.39 is 97.5 Å². The van der Waals surface area contributed by atoms with Crippen LogP contribution in [0, 0.1) is 0 Å². The van der Waals surface area contributed by atoms with E-state index >= 15 is 0 Å².